The number of nitrogens with two attached hydrogens (primary N) is 3. The van der Waals surface area contributed by atoms with Crippen molar-refractivity contribution in [2.45, 2.75) is 129 Å². The third-order valence-electron chi connectivity index (χ3n) is 8.86. The summed E-state index contributed by atoms with van der Waals surface area (Å²) < 4.78 is 19.2. The van der Waals surface area contributed by atoms with Crippen molar-refractivity contribution in [2.24, 2.45) is 29.0 Å². The lowest BCUT2D eigenvalue weighted by Crippen LogP contribution is -2.44. The van der Waals surface area contributed by atoms with E-state index in [0.717, 1.165) is 26.1 Å². The van der Waals surface area contributed by atoms with E-state index in [4.69, 9.17) is 67.2 Å². The normalized spacial score (nSPS) is 15.6. The van der Waals surface area contributed by atoms with Gasteiger partial charge in [-0.3, -0.25) is 4.79 Å². The molecule has 60 heavy (non-hydrogen) atoms. The van der Waals surface area contributed by atoms with Gasteiger partial charge in [0.1, 0.15) is 6.04 Å². The minimum absolute atomic E-state index is 0.0103. The van der Waals surface area contributed by atoms with Crippen molar-refractivity contribution in [1.82, 2.24) is 16.0 Å². The molecule has 0 aliphatic heterocycles. The van der Waals surface area contributed by atoms with Crippen molar-refractivity contribution >= 4 is 5.97 Å². The second-order valence-electron chi connectivity index (χ2n) is 15.1. The highest BCUT2D eigenvalue weighted by molar-refractivity contribution is 5.75. The van der Waals surface area contributed by atoms with Gasteiger partial charge in [-0.25, -0.2) is 0 Å². The monoisotopic (exact) mass is 879 g/mol. The van der Waals surface area contributed by atoms with Gasteiger partial charge in [-0.1, -0.05) is 72.1 Å². The van der Waals surface area contributed by atoms with Crippen LogP contribution < -0.4 is 33.2 Å². The second-order valence-corrected chi connectivity index (χ2v) is 15.1. The van der Waals surface area contributed by atoms with Crippen LogP contribution in [0.3, 0.4) is 0 Å². The van der Waals surface area contributed by atoms with Gasteiger partial charge in [0, 0.05) is 43.9 Å². The van der Waals surface area contributed by atoms with Crippen molar-refractivity contribution in [1.29, 1.82) is 0 Å². The summed E-state index contributed by atoms with van der Waals surface area (Å²) in [5.74, 6) is 0.665. The lowest BCUT2D eigenvalue weighted by Gasteiger charge is -2.28. The summed E-state index contributed by atoms with van der Waals surface area (Å²) in [5.41, 5.74) is 16.1. The van der Waals surface area contributed by atoms with Crippen LogP contribution in [0, 0.1) is 11.8 Å². The summed E-state index contributed by atoms with van der Waals surface area (Å²) in [6.45, 7) is 16.2. The molecule has 0 bridgehead atoms. The van der Waals surface area contributed by atoms with Crippen LogP contribution >= 0.6 is 0 Å². The van der Waals surface area contributed by atoms with Gasteiger partial charge in [-0.15, -0.1) is 0 Å². The fourth-order valence-corrected chi connectivity index (χ4v) is 4.93. The highest BCUT2D eigenvalue weighted by Gasteiger charge is 2.22. The van der Waals surface area contributed by atoms with Crippen LogP contribution in [0.1, 0.15) is 105 Å². The van der Waals surface area contributed by atoms with E-state index in [9.17, 15) is 4.79 Å². The highest BCUT2D eigenvalue weighted by atomic mass is 16.5. The molecule has 0 radical (unpaired) electrons. The molecule has 1 saturated carbocycles. The third-order valence-corrected chi connectivity index (χ3v) is 8.86. The maximum absolute atomic E-state index is 10.8. The van der Waals surface area contributed by atoms with Crippen molar-refractivity contribution in [2.75, 3.05) is 126 Å². The zero-order chi connectivity index (χ0) is 46.7. The van der Waals surface area contributed by atoms with Gasteiger partial charge in [0.2, 0.25) is 0 Å². The van der Waals surface area contributed by atoms with E-state index in [0.29, 0.717) is 64.6 Å². The highest BCUT2D eigenvalue weighted by Crippen LogP contribution is 2.28. The molecule has 0 spiro atoms. The Morgan fingerprint density at radius 1 is 0.750 bits per heavy atom. The van der Waals surface area contributed by atoms with E-state index in [1.54, 1.807) is 0 Å². The van der Waals surface area contributed by atoms with E-state index >= 15 is 0 Å². The van der Waals surface area contributed by atoms with Crippen molar-refractivity contribution in [3.8, 4) is 0 Å². The number of nitrogens with one attached hydrogen (secondary N) is 3. The lowest BCUT2D eigenvalue weighted by atomic mass is 9.80. The first kappa shape index (κ1) is 67.9. The Kier molecular flexibility index (Phi) is 63.2. The standard InChI is InChI=1S/C10H23NO.C8H19NO4.C8H17NO.C7H15NO3.C5H13NO.C4H11NO2/c1-2-3-4-5-6-7-8-10(11)9-12;10-3-7-12-5-1-9-2-6-13-8-4-11;9-5-7-3-1-2-4-8(7)6-10;1-5(2)8-6(4-9)7(10)11-3;1-5(2,4-7)6-3;5-1-3-7-4-2-6/h10,12H,2-9,11H2,1H3;9-11H,1-8H2;7-8,10H,1-6,9H2;5-6,8-9H,4H2,1-3H3;6-7H,4H2,1-3H3;6H,1-5H2. The van der Waals surface area contributed by atoms with Gasteiger partial charge in [0.05, 0.1) is 86.4 Å². The van der Waals surface area contributed by atoms with Crippen LogP contribution in [0.4, 0.5) is 0 Å². The van der Waals surface area contributed by atoms with Crippen LogP contribution in [0.15, 0.2) is 0 Å². The summed E-state index contributed by atoms with van der Waals surface area (Å²) in [6, 6.07) is -0.428. The first-order chi connectivity index (χ1) is 28.8. The zero-order valence-corrected chi connectivity index (χ0v) is 39.1. The zero-order valence-electron chi connectivity index (χ0n) is 39.1. The van der Waals surface area contributed by atoms with E-state index in [2.05, 4.69) is 27.6 Å². The minimum Gasteiger partial charge on any atom is -0.468 e. The number of likely N-dealkylation sites (N-methyl/N-ethyl adjacent to an activating group) is 1. The Morgan fingerprint density at radius 3 is 1.60 bits per heavy atom. The van der Waals surface area contributed by atoms with Crippen LogP contribution in [-0.2, 0) is 23.7 Å². The van der Waals surface area contributed by atoms with Crippen LogP contribution in [0.2, 0.25) is 0 Å². The summed E-state index contributed by atoms with van der Waals surface area (Å²) in [5, 5.41) is 68.6. The molecule has 4 atom stereocenters. The molecule has 1 fully saturated rings. The molecule has 18 heteroatoms. The van der Waals surface area contributed by atoms with Crippen LogP contribution in [0.5, 0.6) is 0 Å². The Hall–Kier alpha value is -1.17. The molecule has 0 saturated heterocycles. The molecule has 1 rings (SSSR count). The number of carbonyl (C=O) groups excluding carboxylic acids is 1. The predicted molar refractivity (Wildman–Crippen MR) is 242 cm³/mol. The minimum atomic E-state index is -0.597. The van der Waals surface area contributed by atoms with E-state index in [1.807, 2.05) is 34.7 Å². The summed E-state index contributed by atoms with van der Waals surface area (Å²) >= 11 is 0. The smallest absolute Gasteiger partial charge is 0.325 e. The lowest BCUT2D eigenvalue weighted by molar-refractivity contribution is -0.144. The van der Waals surface area contributed by atoms with Crippen molar-refractivity contribution in [3.05, 3.63) is 0 Å². The molecule has 0 aromatic carbocycles. The Morgan fingerprint density at radius 2 is 1.25 bits per heavy atom. The van der Waals surface area contributed by atoms with Gasteiger partial charge in [0.25, 0.3) is 0 Å². The van der Waals surface area contributed by atoms with Crippen LogP contribution in [0.25, 0.3) is 0 Å². The fourth-order valence-electron chi connectivity index (χ4n) is 4.93. The number of aliphatic hydroxyl groups is 7. The Bertz CT molecular complexity index is 766. The quantitative estimate of drug-likeness (QED) is 0.0330. The van der Waals surface area contributed by atoms with Crippen LogP contribution in [-0.4, -0.2) is 192 Å². The number of unbranched alkanes of at least 4 members (excludes halogenated alkanes) is 5. The largest absolute Gasteiger partial charge is 0.468 e. The Labute approximate surface area is 365 Å². The average Bonchev–Trinajstić information content (AvgIpc) is 3.27. The van der Waals surface area contributed by atoms with Gasteiger partial charge in [-0.05, 0) is 58.5 Å². The van der Waals surface area contributed by atoms with Gasteiger partial charge >= 0.3 is 5.97 Å². The summed E-state index contributed by atoms with van der Waals surface area (Å²) in [6.07, 6.45) is 13.7. The molecule has 18 nitrogen and oxygen atoms in total. The molecule has 16 N–H and O–H groups in total. The van der Waals surface area contributed by atoms with E-state index in [1.165, 1.54) is 71.3 Å². The van der Waals surface area contributed by atoms with Gasteiger partial charge < -0.3 is 87.8 Å². The molecular formula is C42H98N6O12. The molecule has 4 unspecified atom stereocenters. The SMILES string of the molecule is CCCCCCCCC(N)CO.CNC(C)(C)CO.COC(=O)C(CO)NC(C)C.NCC1CCCCC1CO.NCCOCCO.OCCOCCNCCOCCO. The first-order valence-corrected chi connectivity index (χ1v) is 22.1. The molecular weight excluding hydrogens is 780 g/mol. The number of carbonyl (C=O) groups is 1. The molecule has 0 aromatic rings. The van der Waals surface area contributed by atoms with Crippen molar-refractivity contribution < 1.29 is 59.5 Å². The topological polar surface area (TPSA) is 310 Å². The number of ether oxygens (including phenoxy) is 4. The number of hydrogen-bond acceptors (Lipinski definition) is 18. The summed E-state index contributed by atoms with van der Waals surface area (Å²) in [7, 11) is 3.13. The molecule has 0 amide bonds. The number of rotatable bonds is 30. The molecule has 0 aromatic heterocycles. The maximum Gasteiger partial charge on any atom is 0.325 e. The second kappa shape index (κ2) is 55.8. The van der Waals surface area contributed by atoms with E-state index < -0.39 is 12.0 Å². The number of aliphatic hydroxyl groups excluding tert-OH is 7. The fraction of sp³-hybridized carbons (Fsp3) is 0.976. The number of esters is 1. The molecule has 368 valence electrons. The average molecular weight is 879 g/mol. The third kappa shape index (κ3) is 56.8. The predicted octanol–water partition coefficient (Wildman–Crippen LogP) is -0.157. The number of hydrogen-bond donors (Lipinski definition) is 13. The maximum atomic E-state index is 10.8. The summed E-state index contributed by atoms with van der Waals surface area (Å²) in [4.78, 5) is 10.8. The number of methoxy groups -OCH3 is 1. The first-order valence-electron chi connectivity index (χ1n) is 22.1. The van der Waals surface area contributed by atoms with Gasteiger partial charge in [-0.2, -0.15) is 0 Å². The molecule has 0 heterocycles. The molecule has 1 aliphatic carbocycles. The van der Waals surface area contributed by atoms with Gasteiger partial charge in [0.15, 0.2) is 0 Å². The Balaban J connectivity index is -0.000000204. The molecule has 1 aliphatic rings. The van der Waals surface area contributed by atoms with E-state index in [-0.39, 0.29) is 57.3 Å². The van der Waals surface area contributed by atoms with Crippen molar-refractivity contribution in [3.63, 3.8) is 0 Å².